The zero-order valence-corrected chi connectivity index (χ0v) is 15.7. The molecule has 0 bridgehead atoms. The van der Waals surface area contributed by atoms with Gasteiger partial charge < -0.3 is 13.7 Å². The molecule has 0 saturated heterocycles. The molecule has 0 unspecified atom stereocenters. The Kier molecular flexibility index (Phi) is 3.82. The van der Waals surface area contributed by atoms with Gasteiger partial charge in [0.25, 0.3) is 0 Å². The molecule has 2 heterocycles. The lowest BCUT2D eigenvalue weighted by Crippen LogP contribution is -2.04. The maximum absolute atomic E-state index is 12.0. The number of hydrogen-bond acceptors (Lipinski definition) is 6. The Morgan fingerprint density at radius 1 is 1.21 bits per heavy atom. The highest BCUT2D eigenvalue weighted by Gasteiger charge is 2.24. The van der Waals surface area contributed by atoms with Crippen LogP contribution in [0.3, 0.4) is 0 Å². The van der Waals surface area contributed by atoms with Gasteiger partial charge in [0, 0.05) is 7.05 Å². The van der Waals surface area contributed by atoms with Gasteiger partial charge in [-0.1, -0.05) is 6.07 Å². The number of carbonyl (C=O) groups excluding carboxylic acids is 1. The van der Waals surface area contributed by atoms with E-state index in [1.807, 2.05) is 23.7 Å². The van der Waals surface area contributed by atoms with E-state index in [0.717, 1.165) is 16.6 Å². The molecule has 0 aliphatic heterocycles. The lowest BCUT2D eigenvalue weighted by Gasteiger charge is -2.02. The molecular formula is C21H20N4O3. The highest BCUT2D eigenvalue weighted by atomic mass is 16.5. The minimum atomic E-state index is -0.352. The third kappa shape index (κ3) is 2.89. The third-order valence-corrected chi connectivity index (χ3v) is 5.07. The second-order valence-corrected chi connectivity index (χ2v) is 7.06. The normalized spacial score (nSPS) is 13.9. The summed E-state index contributed by atoms with van der Waals surface area (Å²) in [5.74, 6) is 0.902. The van der Waals surface area contributed by atoms with Gasteiger partial charge in [0.15, 0.2) is 5.58 Å². The van der Waals surface area contributed by atoms with Gasteiger partial charge in [-0.2, -0.15) is 4.98 Å². The molecule has 2 aromatic carbocycles. The molecule has 0 spiro atoms. The van der Waals surface area contributed by atoms with E-state index in [1.165, 1.54) is 18.4 Å². The monoisotopic (exact) mass is 376 g/mol. The van der Waals surface area contributed by atoms with Gasteiger partial charge in [-0.05, 0) is 61.6 Å². The van der Waals surface area contributed by atoms with Crippen LogP contribution >= 0.6 is 0 Å². The largest absolute Gasteiger partial charge is 0.462 e. The second-order valence-electron chi connectivity index (χ2n) is 7.06. The Labute approximate surface area is 161 Å². The van der Waals surface area contributed by atoms with E-state index < -0.39 is 0 Å². The number of rotatable bonds is 5. The number of nitrogens with one attached hydrogen (secondary N) is 1. The Hall–Kier alpha value is -3.35. The molecule has 0 atom stereocenters. The summed E-state index contributed by atoms with van der Waals surface area (Å²) in [4.78, 5) is 21.0. The molecule has 28 heavy (non-hydrogen) atoms. The summed E-state index contributed by atoms with van der Waals surface area (Å²) in [5, 5.41) is 3.15. The Bertz CT molecular complexity index is 1200. The number of oxazole rings is 1. The van der Waals surface area contributed by atoms with Gasteiger partial charge in [-0.15, -0.1) is 0 Å². The molecule has 142 valence electrons. The number of hydrogen-bond donors (Lipinski definition) is 1. The van der Waals surface area contributed by atoms with Crippen molar-refractivity contribution in [2.75, 3.05) is 11.9 Å². The molecule has 0 radical (unpaired) electrons. The average Bonchev–Trinajstić information content (AvgIpc) is 3.40. The second kappa shape index (κ2) is 6.37. The van der Waals surface area contributed by atoms with Gasteiger partial charge in [-0.25, -0.2) is 9.78 Å². The van der Waals surface area contributed by atoms with Crippen LogP contribution in [-0.2, 0) is 11.8 Å². The Morgan fingerprint density at radius 3 is 2.86 bits per heavy atom. The zero-order chi connectivity index (χ0) is 19.3. The molecule has 4 aromatic rings. The predicted octanol–water partition coefficient (Wildman–Crippen LogP) is 4.51. The minimum Gasteiger partial charge on any atom is -0.462 e. The lowest BCUT2D eigenvalue weighted by molar-refractivity contribution is 0.0526. The number of fused-ring (bicyclic) bond motifs is 2. The first-order chi connectivity index (χ1) is 13.6. The summed E-state index contributed by atoms with van der Waals surface area (Å²) in [7, 11) is 1.90. The van der Waals surface area contributed by atoms with Crippen LogP contribution in [0.15, 0.2) is 40.8 Å². The van der Waals surface area contributed by atoms with Gasteiger partial charge in [0.2, 0.25) is 5.95 Å². The van der Waals surface area contributed by atoms with Gasteiger partial charge in [0.1, 0.15) is 5.52 Å². The number of nitrogens with zero attached hydrogens (tertiary/aromatic N) is 3. The van der Waals surface area contributed by atoms with E-state index in [9.17, 15) is 4.79 Å². The number of aromatic nitrogens is 3. The summed E-state index contributed by atoms with van der Waals surface area (Å²) in [5.41, 5.74) is 4.97. The first kappa shape index (κ1) is 16.8. The standard InChI is InChI=1S/C21H20N4O3/c1-3-27-19(26)14-7-9-17-16(10-14)22-20(25(17)2)24-21-23-15-8-6-13(12-4-5-12)11-18(15)28-21/h6-12H,3-5H2,1-2H3,(H,22,23,24). The molecule has 1 aliphatic rings. The Morgan fingerprint density at radius 2 is 2.07 bits per heavy atom. The fourth-order valence-corrected chi connectivity index (χ4v) is 3.41. The summed E-state index contributed by atoms with van der Waals surface area (Å²) < 4.78 is 12.8. The summed E-state index contributed by atoms with van der Waals surface area (Å²) >= 11 is 0. The van der Waals surface area contributed by atoms with Crippen LogP contribution in [0.2, 0.25) is 0 Å². The van der Waals surface area contributed by atoms with Crippen molar-refractivity contribution in [1.29, 1.82) is 0 Å². The quantitative estimate of drug-likeness (QED) is 0.516. The summed E-state index contributed by atoms with van der Waals surface area (Å²) in [6.45, 7) is 2.12. The van der Waals surface area contributed by atoms with Gasteiger partial charge in [0.05, 0.1) is 23.2 Å². The summed E-state index contributed by atoms with van der Waals surface area (Å²) in [6, 6.07) is 11.9. The van der Waals surface area contributed by atoms with Crippen LogP contribution in [0.5, 0.6) is 0 Å². The van der Waals surface area contributed by atoms with E-state index in [4.69, 9.17) is 9.15 Å². The molecule has 1 N–H and O–H groups in total. The van der Waals surface area contributed by atoms with E-state index >= 15 is 0 Å². The molecular weight excluding hydrogens is 356 g/mol. The SMILES string of the molecule is CCOC(=O)c1ccc2c(c1)nc(Nc1nc3ccc(C4CC4)cc3o1)n2C. The topological polar surface area (TPSA) is 82.2 Å². The fourth-order valence-electron chi connectivity index (χ4n) is 3.41. The number of aryl methyl sites for hydroxylation is 1. The maximum atomic E-state index is 12.0. The smallest absolute Gasteiger partial charge is 0.338 e. The maximum Gasteiger partial charge on any atom is 0.338 e. The average molecular weight is 376 g/mol. The molecule has 1 saturated carbocycles. The van der Waals surface area contributed by atoms with E-state index in [-0.39, 0.29) is 5.97 Å². The van der Waals surface area contributed by atoms with Crippen molar-refractivity contribution >= 4 is 40.1 Å². The van der Waals surface area contributed by atoms with Crippen molar-refractivity contribution in [1.82, 2.24) is 14.5 Å². The molecule has 5 rings (SSSR count). The van der Waals surface area contributed by atoms with Gasteiger partial charge in [-0.3, -0.25) is 5.32 Å². The first-order valence-electron chi connectivity index (χ1n) is 9.43. The van der Waals surface area contributed by atoms with Crippen LogP contribution in [0.4, 0.5) is 12.0 Å². The number of benzene rings is 2. The van der Waals surface area contributed by atoms with Crippen molar-refractivity contribution in [2.24, 2.45) is 7.05 Å². The van der Waals surface area contributed by atoms with Crippen LogP contribution in [0, 0.1) is 0 Å². The van der Waals surface area contributed by atoms with E-state index in [1.54, 1.807) is 19.1 Å². The number of anilines is 2. The van der Waals surface area contributed by atoms with Crippen molar-refractivity contribution < 1.29 is 13.9 Å². The third-order valence-electron chi connectivity index (χ3n) is 5.07. The van der Waals surface area contributed by atoms with Crippen LogP contribution in [-0.4, -0.2) is 27.1 Å². The number of esters is 1. The number of ether oxygens (including phenoxy) is 1. The van der Waals surface area contributed by atoms with E-state index in [0.29, 0.717) is 35.6 Å². The van der Waals surface area contributed by atoms with Crippen molar-refractivity contribution in [3.8, 4) is 0 Å². The number of carbonyl (C=O) groups is 1. The summed E-state index contributed by atoms with van der Waals surface area (Å²) in [6.07, 6.45) is 2.50. The minimum absolute atomic E-state index is 0.339. The zero-order valence-electron chi connectivity index (χ0n) is 15.7. The molecule has 2 aromatic heterocycles. The number of imidazole rings is 1. The lowest BCUT2D eigenvalue weighted by atomic mass is 10.1. The highest BCUT2D eigenvalue weighted by molar-refractivity contribution is 5.94. The Balaban J connectivity index is 1.46. The van der Waals surface area contributed by atoms with Crippen molar-refractivity contribution in [3.05, 3.63) is 47.5 Å². The molecule has 7 heteroatoms. The highest BCUT2D eigenvalue weighted by Crippen LogP contribution is 2.41. The first-order valence-corrected chi connectivity index (χ1v) is 9.43. The van der Waals surface area contributed by atoms with Crippen LogP contribution in [0.25, 0.3) is 22.1 Å². The fraction of sp³-hybridized carbons (Fsp3) is 0.286. The van der Waals surface area contributed by atoms with Crippen LogP contribution in [0.1, 0.15) is 41.6 Å². The molecule has 1 fully saturated rings. The van der Waals surface area contributed by atoms with Gasteiger partial charge >= 0.3 is 12.0 Å². The predicted molar refractivity (Wildman–Crippen MR) is 106 cm³/mol. The molecule has 1 aliphatic carbocycles. The van der Waals surface area contributed by atoms with E-state index in [2.05, 4.69) is 27.4 Å². The van der Waals surface area contributed by atoms with Crippen LogP contribution < -0.4 is 5.32 Å². The molecule has 7 nitrogen and oxygen atoms in total. The van der Waals surface area contributed by atoms with Crippen molar-refractivity contribution in [3.63, 3.8) is 0 Å². The van der Waals surface area contributed by atoms with Crippen molar-refractivity contribution in [2.45, 2.75) is 25.7 Å². The molecule has 0 amide bonds.